The number of methoxy groups -OCH3 is 1. The van der Waals surface area contributed by atoms with Crippen LogP contribution in [-0.2, 0) is 20.9 Å². The van der Waals surface area contributed by atoms with Crippen LogP contribution in [0.15, 0.2) is 54.2 Å². The molecule has 1 heterocycles. The highest BCUT2D eigenvalue weighted by Crippen LogP contribution is 2.30. The van der Waals surface area contributed by atoms with E-state index in [1.165, 1.54) is 7.11 Å². The number of hydrogen-bond acceptors (Lipinski definition) is 6. The van der Waals surface area contributed by atoms with E-state index in [9.17, 15) is 9.59 Å². The van der Waals surface area contributed by atoms with Gasteiger partial charge >= 0.3 is 5.97 Å². The molecule has 1 saturated heterocycles. The summed E-state index contributed by atoms with van der Waals surface area (Å²) in [5, 5.41) is 2.99. The van der Waals surface area contributed by atoms with Gasteiger partial charge in [-0.2, -0.15) is 0 Å². The third-order valence-corrected chi connectivity index (χ3v) is 4.62. The smallest absolute Gasteiger partial charge is 0.325 e. The summed E-state index contributed by atoms with van der Waals surface area (Å²) in [6.45, 7) is 2.53. The first kappa shape index (κ1) is 21.3. The molecule has 1 fully saturated rings. The van der Waals surface area contributed by atoms with Gasteiger partial charge < -0.3 is 19.5 Å². The molecule has 0 radical (unpaired) electrons. The second kappa shape index (κ2) is 9.89. The Balaban J connectivity index is 1.77. The lowest BCUT2D eigenvalue weighted by Gasteiger charge is -2.13. The van der Waals surface area contributed by atoms with Crippen LogP contribution in [0.2, 0.25) is 0 Å². The normalized spacial score (nSPS) is 14.6. The van der Waals surface area contributed by atoms with Crippen molar-refractivity contribution in [3.05, 3.63) is 65.4 Å². The summed E-state index contributed by atoms with van der Waals surface area (Å²) >= 11 is 5.15. The number of ether oxygens (including phenoxy) is 3. The van der Waals surface area contributed by atoms with Crippen LogP contribution in [0.5, 0.6) is 11.5 Å². The number of rotatable bonds is 8. The number of hydrogen-bond donors (Lipinski definition) is 1. The Hall–Kier alpha value is -3.39. The molecular weight excluding hydrogens is 404 g/mol. The molecule has 1 N–H and O–H groups in total. The molecule has 1 amide bonds. The zero-order valence-electron chi connectivity index (χ0n) is 16.7. The molecule has 2 aromatic rings. The van der Waals surface area contributed by atoms with Crippen molar-refractivity contribution in [1.82, 2.24) is 10.2 Å². The van der Waals surface area contributed by atoms with Crippen molar-refractivity contribution in [2.75, 3.05) is 20.3 Å². The molecule has 2 aromatic carbocycles. The van der Waals surface area contributed by atoms with Crippen molar-refractivity contribution in [2.45, 2.75) is 13.5 Å². The number of esters is 1. The summed E-state index contributed by atoms with van der Waals surface area (Å²) in [5.41, 5.74) is 2.04. The molecule has 7 nitrogen and oxygen atoms in total. The standard InChI is InChI=1S/C22H22N2O5S/c1-3-28-19-12-16(9-10-18(19)29-14-15-7-5-4-6-8-15)11-17-21(26)24(22(30)23-17)13-20(25)27-2/h4-12H,3,13-14H2,1-2H3,(H,23,30)/b17-11-. The van der Waals surface area contributed by atoms with Gasteiger partial charge in [0.25, 0.3) is 5.91 Å². The van der Waals surface area contributed by atoms with Crippen molar-refractivity contribution in [3.63, 3.8) is 0 Å². The summed E-state index contributed by atoms with van der Waals surface area (Å²) in [6.07, 6.45) is 1.65. The molecule has 8 heteroatoms. The van der Waals surface area contributed by atoms with Crippen LogP contribution in [0.4, 0.5) is 0 Å². The fraction of sp³-hybridized carbons (Fsp3) is 0.227. The van der Waals surface area contributed by atoms with Crippen LogP contribution < -0.4 is 14.8 Å². The van der Waals surface area contributed by atoms with E-state index in [1.54, 1.807) is 18.2 Å². The zero-order valence-corrected chi connectivity index (χ0v) is 17.5. The Morgan fingerprint density at radius 1 is 1.13 bits per heavy atom. The molecule has 30 heavy (non-hydrogen) atoms. The first-order valence-electron chi connectivity index (χ1n) is 9.36. The summed E-state index contributed by atoms with van der Waals surface area (Å²) in [4.78, 5) is 25.2. The Bertz CT molecular complexity index is 975. The molecule has 1 aliphatic rings. The Kier molecular flexibility index (Phi) is 7.03. The number of carbonyl (C=O) groups is 2. The molecule has 0 bridgehead atoms. The molecule has 156 valence electrons. The van der Waals surface area contributed by atoms with Gasteiger partial charge in [-0.15, -0.1) is 0 Å². The van der Waals surface area contributed by atoms with E-state index >= 15 is 0 Å². The lowest BCUT2D eigenvalue weighted by atomic mass is 10.1. The first-order chi connectivity index (χ1) is 14.5. The van der Waals surface area contributed by atoms with E-state index in [0.29, 0.717) is 24.7 Å². The number of thiocarbonyl (C=S) groups is 1. The number of nitrogens with zero attached hydrogens (tertiary/aromatic N) is 1. The van der Waals surface area contributed by atoms with Gasteiger partial charge in [0.05, 0.1) is 13.7 Å². The van der Waals surface area contributed by atoms with Crippen LogP contribution in [0.1, 0.15) is 18.1 Å². The Labute approximate surface area is 180 Å². The Morgan fingerprint density at radius 2 is 1.90 bits per heavy atom. The summed E-state index contributed by atoms with van der Waals surface area (Å²) in [7, 11) is 1.26. The van der Waals surface area contributed by atoms with E-state index in [4.69, 9.17) is 21.7 Å². The lowest BCUT2D eigenvalue weighted by Crippen LogP contribution is -2.35. The number of carbonyl (C=O) groups excluding carboxylic acids is 2. The van der Waals surface area contributed by atoms with E-state index < -0.39 is 11.9 Å². The minimum Gasteiger partial charge on any atom is -0.490 e. The van der Waals surface area contributed by atoms with Gasteiger partial charge in [0, 0.05) is 0 Å². The molecule has 0 unspecified atom stereocenters. The molecule has 0 aromatic heterocycles. The molecule has 0 aliphatic carbocycles. The maximum atomic E-state index is 12.6. The minimum atomic E-state index is -0.549. The number of benzene rings is 2. The van der Waals surface area contributed by atoms with Gasteiger partial charge in [0.15, 0.2) is 16.6 Å². The third kappa shape index (κ3) is 5.15. The minimum absolute atomic E-state index is 0.157. The monoisotopic (exact) mass is 426 g/mol. The summed E-state index contributed by atoms with van der Waals surface area (Å²) in [6, 6.07) is 15.2. The average Bonchev–Trinajstić information content (AvgIpc) is 3.01. The topological polar surface area (TPSA) is 77.1 Å². The molecular formula is C22H22N2O5S. The van der Waals surface area contributed by atoms with Crippen LogP contribution in [0, 0.1) is 0 Å². The number of amides is 1. The largest absolute Gasteiger partial charge is 0.490 e. The highest BCUT2D eigenvalue weighted by atomic mass is 32.1. The van der Waals surface area contributed by atoms with Crippen LogP contribution >= 0.6 is 12.2 Å². The van der Waals surface area contributed by atoms with E-state index in [2.05, 4.69) is 10.1 Å². The summed E-state index contributed by atoms with van der Waals surface area (Å²) in [5.74, 6) is 0.235. The van der Waals surface area contributed by atoms with Crippen molar-refractivity contribution in [3.8, 4) is 11.5 Å². The van der Waals surface area contributed by atoms with Crippen LogP contribution in [0.3, 0.4) is 0 Å². The van der Waals surface area contributed by atoms with Gasteiger partial charge in [0.2, 0.25) is 0 Å². The van der Waals surface area contributed by atoms with Gasteiger partial charge in [-0.25, -0.2) is 0 Å². The quantitative estimate of drug-likeness (QED) is 0.395. The third-order valence-electron chi connectivity index (χ3n) is 4.29. The predicted octanol–water partition coefficient (Wildman–Crippen LogP) is 2.89. The van der Waals surface area contributed by atoms with Crippen molar-refractivity contribution >= 4 is 35.3 Å². The fourth-order valence-electron chi connectivity index (χ4n) is 2.81. The van der Waals surface area contributed by atoms with Crippen molar-refractivity contribution < 1.29 is 23.8 Å². The highest BCUT2D eigenvalue weighted by Gasteiger charge is 2.32. The Morgan fingerprint density at radius 3 is 2.60 bits per heavy atom. The fourth-order valence-corrected chi connectivity index (χ4v) is 3.07. The van der Waals surface area contributed by atoms with E-state index in [0.717, 1.165) is 16.0 Å². The van der Waals surface area contributed by atoms with Crippen molar-refractivity contribution in [1.29, 1.82) is 0 Å². The number of nitrogens with one attached hydrogen (secondary N) is 1. The molecule has 1 aliphatic heterocycles. The maximum absolute atomic E-state index is 12.6. The first-order valence-corrected chi connectivity index (χ1v) is 9.77. The van der Waals surface area contributed by atoms with Gasteiger partial charge in [0.1, 0.15) is 18.8 Å². The highest BCUT2D eigenvalue weighted by molar-refractivity contribution is 7.80. The molecule has 0 saturated carbocycles. The van der Waals surface area contributed by atoms with Gasteiger partial charge in [-0.3, -0.25) is 14.5 Å². The SMILES string of the molecule is CCOc1cc(/C=C2\NC(=S)N(CC(=O)OC)C2=O)ccc1OCc1ccccc1. The lowest BCUT2D eigenvalue weighted by molar-refractivity contribution is -0.143. The average molecular weight is 426 g/mol. The van der Waals surface area contributed by atoms with E-state index in [-0.39, 0.29) is 17.4 Å². The van der Waals surface area contributed by atoms with E-state index in [1.807, 2.05) is 43.3 Å². The second-order valence-corrected chi connectivity index (χ2v) is 6.76. The summed E-state index contributed by atoms with van der Waals surface area (Å²) < 4.78 is 16.2. The van der Waals surface area contributed by atoms with Crippen molar-refractivity contribution in [2.24, 2.45) is 0 Å². The van der Waals surface area contributed by atoms with Gasteiger partial charge in [-0.05, 0) is 48.5 Å². The molecule has 3 rings (SSSR count). The van der Waals surface area contributed by atoms with Crippen LogP contribution in [-0.4, -0.2) is 42.2 Å². The molecule has 0 atom stereocenters. The van der Waals surface area contributed by atoms with Crippen LogP contribution in [0.25, 0.3) is 6.08 Å². The second-order valence-electron chi connectivity index (χ2n) is 6.37. The zero-order chi connectivity index (χ0) is 21.5. The maximum Gasteiger partial charge on any atom is 0.325 e. The molecule has 0 spiro atoms. The predicted molar refractivity (Wildman–Crippen MR) is 116 cm³/mol. The van der Waals surface area contributed by atoms with Gasteiger partial charge in [-0.1, -0.05) is 36.4 Å².